The molecular weight excluding hydrogens is 817 g/mol. The second-order valence-corrected chi connectivity index (χ2v) is 25.4. The Morgan fingerprint density at radius 3 is 0.879 bits per heavy atom. The smallest absolute Gasteiger partial charge is 0.129 e. The summed E-state index contributed by atoms with van der Waals surface area (Å²) in [6.07, 6.45) is 3.14. The van der Waals surface area contributed by atoms with E-state index in [9.17, 15) is 0 Å². The number of hydrogen-bond donors (Lipinski definition) is 4. The second kappa shape index (κ2) is 18.6. The summed E-state index contributed by atoms with van der Waals surface area (Å²) < 4.78 is 0. The van der Waals surface area contributed by atoms with Gasteiger partial charge in [-0.1, -0.05) is 152 Å². The first kappa shape index (κ1) is 44.5. The van der Waals surface area contributed by atoms with E-state index in [1.807, 2.05) is 0 Å². The van der Waals surface area contributed by atoms with Gasteiger partial charge in [0.15, 0.2) is 0 Å². The molecule has 8 bridgehead atoms. The summed E-state index contributed by atoms with van der Waals surface area (Å²) in [4.78, 5) is 15.9. The summed E-state index contributed by atoms with van der Waals surface area (Å²) in [5.41, 5.74) is 21.8. The number of aromatic amines is 4. The number of benzene rings is 4. The molecule has 4 aromatic heterocycles. The summed E-state index contributed by atoms with van der Waals surface area (Å²) in [6, 6.07) is 54.3. The quantitative estimate of drug-likeness (QED) is 0.0781. The van der Waals surface area contributed by atoms with Gasteiger partial charge in [0.1, 0.15) is 8.07 Å². The van der Waals surface area contributed by atoms with Gasteiger partial charge in [-0.05, 0) is 137 Å². The molecule has 4 nitrogen and oxygen atoms in total. The number of aromatic nitrogens is 4. The number of rotatable bonds is 10. The van der Waals surface area contributed by atoms with Crippen LogP contribution >= 0.6 is 0 Å². The van der Waals surface area contributed by atoms with Gasteiger partial charge in [0.2, 0.25) is 0 Å². The Morgan fingerprint density at radius 1 is 0.348 bits per heavy atom. The molecule has 9 rings (SSSR count). The van der Waals surface area contributed by atoms with Crippen molar-refractivity contribution in [3.05, 3.63) is 234 Å². The van der Waals surface area contributed by atoms with Crippen LogP contribution in [0.15, 0.2) is 146 Å². The van der Waals surface area contributed by atoms with Gasteiger partial charge in [0.25, 0.3) is 0 Å². The highest BCUT2D eigenvalue weighted by molar-refractivity contribution is 6.83. The van der Waals surface area contributed by atoms with Crippen LogP contribution in [0.2, 0.25) is 19.6 Å². The van der Waals surface area contributed by atoms with E-state index in [4.69, 9.17) is 0 Å². The van der Waals surface area contributed by atoms with Crippen molar-refractivity contribution in [2.24, 2.45) is 17.8 Å². The zero-order valence-corrected chi connectivity index (χ0v) is 41.2. The number of H-pyrrole nitrogens is 4. The highest BCUT2D eigenvalue weighted by Gasteiger charge is 2.19. The van der Waals surface area contributed by atoms with Crippen LogP contribution in [0, 0.1) is 29.2 Å². The van der Waals surface area contributed by atoms with E-state index in [-0.39, 0.29) is 0 Å². The Morgan fingerprint density at radius 2 is 0.621 bits per heavy atom. The first-order valence-electron chi connectivity index (χ1n) is 23.9. The van der Waals surface area contributed by atoms with Gasteiger partial charge in [0, 0.05) is 72.0 Å². The summed E-state index contributed by atoms with van der Waals surface area (Å²) in [7, 11) is -1.54. The van der Waals surface area contributed by atoms with E-state index in [0.717, 1.165) is 114 Å². The molecule has 66 heavy (non-hydrogen) atoms. The normalized spacial score (nSPS) is 13.0. The van der Waals surface area contributed by atoms with E-state index in [0.29, 0.717) is 17.8 Å². The summed E-state index contributed by atoms with van der Waals surface area (Å²) in [6.45, 7) is 20.6. The molecule has 0 spiro atoms. The molecule has 0 unspecified atom stereocenters. The lowest BCUT2D eigenvalue weighted by Gasteiger charge is -2.12. The molecule has 0 saturated heterocycles. The zero-order chi connectivity index (χ0) is 46.1. The van der Waals surface area contributed by atoms with Crippen molar-refractivity contribution in [1.82, 2.24) is 19.9 Å². The van der Waals surface area contributed by atoms with Gasteiger partial charge in [-0.25, -0.2) is 0 Å². The molecule has 5 heterocycles. The van der Waals surface area contributed by atoms with Crippen LogP contribution in [-0.2, 0) is 19.3 Å². The van der Waals surface area contributed by atoms with Gasteiger partial charge in [-0.15, -0.1) is 5.54 Å². The van der Waals surface area contributed by atoms with Crippen molar-refractivity contribution in [3.63, 3.8) is 0 Å². The molecule has 0 amide bonds. The van der Waals surface area contributed by atoms with E-state index in [2.05, 4.69) is 238 Å². The SMILES string of the molecule is CC(C)Cc1ccc(C2=c3ccc([nH]3)=C(c3ccc(C#C[Si](C)(C)C)cc3)c3ccc([nH]3)C(c3ccc(CC(C)C)cc3)=c3ccc([nH]3)=C(c3ccc(CC(C)C)cc3)c3ccc2[nH]3)cc1. The summed E-state index contributed by atoms with van der Waals surface area (Å²) in [5, 5.41) is 4.17. The van der Waals surface area contributed by atoms with E-state index in [1.165, 1.54) is 16.7 Å². The third-order valence-corrected chi connectivity index (χ3v) is 13.2. The van der Waals surface area contributed by atoms with Crippen molar-refractivity contribution in [1.29, 1.82) is 0 Å². The van der Waals surface area contributed by atoms with Crippen LogP contribution in [0.4, 0.5) is 0 Å². The Balaban J connectivity index is 1.34. The van der Waals surface area contributed by atoms with Crippen molar-refractivity contribution in [3.8, 4) is 11.5 Å². The Bertz CT molecular complexity index is 3310. The van der Waals surface area contributed by atoms with Crippen LogP contribution in [-0.4, -0.2) is 28.0 Å². The number of hydrogen-bond acceptors (Lipinski definition) is 0. The maximum atomic E-state index is 3.98. The molecule has 1 aliphatic rings. The topological polar surface area (TPSA) is 63.2 Å². The maximum Gasteiger partial charge on any atom is 0.129 e. The fraction of sp³-hybridized carbons (Fsp3) is 0.246. The van der Waals surface area contributed by atoms with Gasteiger partial charge >= 0.3 is 0 Å². The maximum absolute atomic E-state index is 3.98. The van der Waals surface area contributed by atoms with Crippen LogP contribution in [0.5, 0.6) is 0 Å². The molecule has 0 aliphatic carbocycles. The van der Waals surface area contributed by atoms with Gasteiger partial charge < -0.3 is 19.9 Å². The highest BCUT2D eigenvalue weighted by Crippen LogP contribution is 2.29. The van der Waals surface area contributed by atoms with Crippen molar-refractivity contribution < 1.29 is 0 Å². The molecule has 8 aromatic rings. The lowest BCUT2D eigenvalue weighted by molar-refractivity contribution is 0.647. The molecular formula is C61H64N4Si. The molecule has 0 saturated carbocycles. The predicted molar refractivity (Wildman–Crippen MR) is 280 cm³/mol. The third-order valence-electron chi connectivity index (χ3n) is 12.3. The van der Waals surface area contributed by atoms with E-state index >= 15 is 0 Å². The Kier molecular flexibility index (Phi) is 12.5. The second-order valence-electron chi connectivity index (χ2n) is 20.6. The molecule has 5 heteroatoms. The van der Waals surface area contributed by atoms with Crippen LogP contribution in [0.1, 0.15) is 109 Å². The monoisotopic (exact) mass is 880 g/mol. The Labute approximate surface area is 392 Å². The van der Waals surface area contributed by atoms with Crippen LogP contribution < -0.4 is 21.4 Å². The minimum Gasteiger partial charge on any atom is -0.354 e. The number of nitrogens with one attached hydrogen (secondary N) is 4. The molecule has 1 aliphatic heterocycles. The Hall–Kier alpha value is -6.74. The lowest BCUT2D eigenvalue weighted by atomic mass is 9.97. The summed E-state index contributed by atoms with van der Waals surface area (Å²) in [5.74, 6) is 5.21. The van der Waals surface area contributed by atoms with Crippen molar-refractivity contribution in [2.75, 3.05) is 0 Å². The molecule has 4 aromatic carbocycles. The fourth-order valence-electron chi connectivity index (χ4n) is 9.39. The number of fused-ring (bicyclic) bond motifs is 8. The molecule has 4 N–H and O–H groups in total. The summed E-state index contributed by atoms with van der Waals surface area (Å²) >= 11 is 0. The predicted octanol–water partition coefficient (Wildman–Crippen LogP) is 11.1. The van der Waals surface area contributed by atoms with Crippen LogP contribution in [0.25, 0.3) is 22.3 Å². The largest absolute Gasteiger partial charge is 0.354 e. The fourth-order valence-corrected chi connectivity index (χ4v) is 9.91. The van der Waals surface area contributed by atoms with Gasteiger partial charge in [-0.3, -0.25) is 0 Å². The molecule has 332 valence electrons. The standard InChI is InChI=1S/C61H64N4Si/c1-39(2)36-43-12-20-47(21-13-43)59-52-28-26-50(62-52)58(46-18-10-42(11-19-46)34-35-66(7,8)9)51-27-29-53(63-51)60(48-22-14-44(15-23-48)37-40(3)4)55-31-33-57(65-55)61(56-32-30-54(59)64-56)49-24-16-45(17-25-49)38-41(5)6/h10-33,39-41,62-65H,36-38H2,1-9H3. The molecule has 0 fully saturated rings. The van der Waals surface area contributed by atoms with Crippen molar-refractivity contribution >= 4 is 30.4 Å². The van der Waals surface area contributed by atoms with Gasteiger partial charge in [0.05, 0.1) is 0 Å². The van der Waals surface area contributed by atoms with E-state index in [1.54, 1.807) is 0 Å². The average Bonchev–Trinajstić information content (AvgIpc) is 4.13. The van der Waals surface area contributed by atoms with Gasteiger partial charge in [-0.2, -0.15) is 0 Å². The highest BCUT2D eigenvalue weighted by atomic mass is 28.3. The average molecular weight is 881 g/mol. The molecule has 0 atom stereocenters. The van der Waals surface area contributed by atoms with Crippen molar-refractivity contribution in [2.45, 2.75) is 80.4 Å². The third kappa shape index (κ3) is 9.91. The zero-order valence-electron chi connectivity index (χ0n) is 40.2. The molecule has 0 radical (unpaired) electrons. The first-order chi connectivity index (χ1) is 31.7. The first-order valence-corrected chi connectivity index (χ1v) is 27.4. The minimum absolute atomic E-state index is 0.581. The van der Waals surface area contributed by atoms with Crippen LogP contribution in [0.3, 0.4) is 0 Å². The van der Waals surface area contributed by atoms with E-state index < -0.39 is 8.07 Å². The lowest BCUT2D eigenvalue weighted by Crippen LogP contribution is -2.19. The minimum atomic E-state index is -1.54.